The molecule has 0 aliphatic rings. The fourth-order valence-corrected chi connectivity index (χ4v) is 3.20. The highest BCUT2D eigenvalue weighted by Gasteiger charge is 2.08. The molecular formula is C13H10N2S2. The number of aryl methyl sites for hydroxylation is 1. The number of benzene rings is 1. The Morgan fingerprint density at radius 2 is 1.65 bits per heavy atom. The molecule has 0 fully saturated rings. The van der Waals surface area contributed by atoms with Crippen LogP contribution in [-0.2, 0) is 0 Å². The molecule has 3 aromatic rings. The van der Waals surface area contributed by atoms with Crippen LogP contribution in [0.5, 0.6) is 0 Å². The van der Waals surface area contributed by atoms with Crippen molar-refractivity contribution < 1.29 is 0 Å². The van der Waals surface area contributed by atoms with Crippen molar-refractivity contribution >= 4 is 22.7 Å². The van der Waals surface area contributed by atoms with Crippen LogP contribution in [0.15, 0.2) is 41.1 Å². The summed E-state index contributed by atoms with van der Waals surface area (Å²) in [4.78, 5) is 9.08. The van der Waals surface area contributed by atoms with Crippen LogP contribution in [-0.4, -0.2) is 9.97 Å². The molecule has 0 aliphatic heterocycles. The van der Waals surface area contributed by atoms with Gasteiger partial charge in [-0.15, -0.1) is 22.7 Å². The SMILES string of the molecule is Cc1csc(-c2csc(-c3ccccc3)n2)n1. The summed E-state index contributed by atoms with van der Waals surface area (Å²) in [5.74, 6) is 0. The van der Waals surface area contributed by atoms with Crippen LogP contribution in [0, 0.1) is 6.92 Å². The molecule has 2 heterocycles. The van der Waals surface area contributed by atoms with Crippen molar-refractivity contribution in [2.45, 2.75) is 6.92 Å². The van der Waals surface area contributed by atoms with Gasteiger partial charge in [0.2, 0.25) is 0 Å². The molecule has 3 rings (SSSR count). The predicted molar refractivity (Wildman–Crippen MR) is 73.4 cm³/mol. The van der Waals surface area contributed by atoms with Gasteiger partial charge in [0.15, 0.2) is 0 Å². The number of rotatable bonds is 2. The van der Waals surface area contributed by atoms with E-state index in [1.807, 2.05) is 25.1 Å². The molecule has 0 amide bonds. The Kier molecular flexibility index (Phi) is 2.74. The van der Waals surface area contributed by atoms with Crippen molar-refractivity contribution in [3.05, 3.63) is 46.8 Å². The molecule has 17 heavy (non-hydrogen) atoms. The van der Waals surface area contributed by atoms with E-state index in [9.17, 15) is 0 Å². The van der Waals surface area contributed by atoms with Crippen molar-refractivity contribution in [2.24, 2.45) is 0 Å². The maximum atomic E-state index is 4.63. The maximum Gasteiger partial charge on any atom is 0.142 e. The fourth-order valence-electron chi connectivity index (χ4n) is 1.56. The summed E-state index contributed by atoms with van der Waals surface area (Å²) in [6, 6.07) is 10.2. The zero-order chi connectivity index (χ0) is 11.7. The smallest absolute Gasteiger partial charge is 0.142 e. The molecule has 0 saturated heterocycles. The van der Waals surface area contributed by atoms with Crippen molar-refractivity contribution in [3.63, 3.8) is 0 Å². The Morgan fingerprint density at radius 3 is 2.35 bits per heavy atom. The standard InChI is InChI=1S/C13H10N2S2/c1-9-7-16-13(14-9)11-8-17-12(15-11)10-5-3-2-4-6-10/h2-8H,1H3. The first-order chi connectivity index (χ1) is 8.33. The van der Waals surface area contributed by atoms with Gasteiger partial charge in [-0.05, 0) is 6.92 Å². The maximum absolute atomic E-state index is 4.63. The van der Waals surface area contributed by atoms with E-state index in [2.05, 4.69) is 32.9 Å². The Morgan fingerprint density at radius 1 is 0.882 bits per heavy atom. The van der Waals surface area contributed by atoms with Gasteiger partial charge >= 0.3 is 0 Å². The second-order valence-electron chi connectivity index (χ2n) is 3.70. The molecule has 1 aromatic carbocycles. The first-order valence-corrected chi connectivity index (χ1v) is 7.02. The third-order valence-electron chi connectivity index (χ3n) is 2.36. The molecule has 0 atom stereocenters. The summed E-state index contributed by atoms with van der Waals surface area (Å²) in [5.41, 5.74) is 3.20. The van der Waals surface area contributed by atoms with E-state index in [1.165, 1.54) is 0 Å². The first kappa shape index (κ1) is 10.6. The van der Waals surface area contributed by atoms with Crippen LogP contribution in [0.1, 0.15) is 5.69 Å². The van der Waals surface area contributed by atoms with Gasteiger partial charge in [0, 0.05) is 22.0 Å². The zero-order valence-electron chi connectivity index (χ0n) is 9.25. The van der Waals surface area contributed by atoms with Crippen LogP contribution in [0.3, 0.4) is 0 Å². The van der Waals surface area contributed by atoms with Crippen molar-refractivity contribution in [1.29, 1.82) is 0 Å². The second kappa shape index (κ2) is 4.39. The quantitative estimate of drug-likeness (QED) is 0.687. The van der Waals surface area contributed by atoms with Crippen LogP contribution >= 0.6 is 22.7 Å². The number of hydrogen-bond acceptors (Lipinski definition) is 4. The molecule has 0 aliphatic carbocycles. The number of thiazole rings is 2. The van der Waals surface area contributed by atoms with E-state index in [0.717, 1.165) is 27.0 Å². The number of aromatic nitrogens is 2. The third kappa shape index (κ3) is 2.14. The van der Waals surface area contributed by atoms with Crippen molar-refractivity contribution in [2.75, 3.05) is 0 Å². The average molecular weight is 258 g/mol. The lowest BCUT2D eigenvalue weighted by Gasteiger charge is -1.93. The molecular weight excluding hydrogens is 248 g/mol. The van der Waals surface area contributed by atoms with Gasteiger partial charge < -0.3 is 0 Å². The largest absolute Gasteiger partial charge is 0.240 e. The molecule has 0 radical (unpaired) electrons. The van der Waals surface area contributed by atoms with E-state index in [-0.39, 0.29) is 0 Å². The highest BCUT2D eigenvalue weighted by molar-refractivity contribution is 7.15. The molecule has 84 valence electrons. The van der Waals surface area contributed by atoms with E-state index < -0.39 is 0 Å². The van der Waals surface area contributed by atoms with Crippen LogP contribution < -0.4 is 0 Å². The van der Waals surface area contributed by atoms with E-state index >= 15 is 0 Å². The van der Waals surface area contributed by atoms with E-state index in [4.69, 9.17) is 0 Å². The average Bonchev–Trinajstić information content (AvgIpc) is 2.98. The summed E-state index contributed by atoms with van der Waals surface area (Å²) in [6.45, 7) is 2.00. The topological polar surface area (TPSA) is 25.8 Å². The Labute approximate surface area is 108 Å². The normalized spacial score (nSPS) is 10.6. The minimum Gasteiger partial charge on any atom is -0.240 e. The lowest BCUT2D eigenvalue weighted by molar-refractivity contribution is 1.25. The summed E-state index contributed by atoms with van der Waals surface area (Å²) < 4.78 is 0. The van der Waals surface area contributed by atoms with Crippen LogP contribution in [0.2, 0.25) is 0 Å². The van der Waals surface area contributed by atoms with Crippen LogP contribution in [0.4, 0.5) is 0 Å². The molecule has 2 nitrogen and oxygen atoms in total. The molecule has 4 heteroatoms. The van der Waals surface area contributed by atoms with Gasteiger partial charge in [-0.25, -0.2) is 9.97 Å². The predicted octanol–water partition coefficient (Wildman–Crippen LogP) is 4.24. The van der Waals surface area contributed by atoms with Crippen molar-refractivity contribution in [1.82, 2.24) is 9.97 Å². The lowest BCUT2D eigenvalue weighted by Crippen LogP contribution is -1.78. The lowest BCUT2D eigenvalue weighted by atomic mass is 10.2. The van der Waals surface area contributed by atoms with Crippen LogP contribution in [0.25, 0.3) is 21.3 Å². The Bertz CT molecular complexity index is 626. The van der Waals surface area contributed by atoms with E-state index in [1.54, 1.807) is 22.7 Å². The second-order valence-corrected chi connectivity index (χ2v) is 5.41. The minimum absolute atomic E-state index is 0.979. The van der Waals surface area contributed by atoms with Gasteiger partial charge in [-0.2, -0.15) is 0 Å². The van der Waals surface area contributed by atoms with Gasteiger partial charge in [0.1, 0.15) is 15.7 Å². The molecule has 0 unspecified atom stereocenters. The number of hydrogen-bond donors (Lipinski definition) is 0. The summed E-state index contributed by atoms with van der Waals surface area (Å²) in [5, 5.41) is 6.17. The van der Waals surface area contributed by atoms with Gasteiger partial charge in [0.05, 0.1) is 0 Å². The fraction of sp³-hybridized carbons (Fsp3) is 0.0769. The van der Waals surface area contributed by atoms with Gasteiger partial charge in [0.25, 0.3) is 0 Å². The zero-order valence-corrected chi connectivity index (χ0v) is 10.9. The first-order valence-electron chi connectivity index (χ1n) is 5.26. The Hall–Kier alpha value is -1.52. The molecule has 0 bridgehead atoms. The monoisotopic (exact) mass is 258 g/mol. The minimum atomic E-state index is 0.979. The highest BCUT2D eigenvalue weighted by atomic mass is 32.1. The summed E-state index contributed by atoms with van der Waals surface area (Å²) in [7, 11) is 0. The van der Waals surface area contributed by atoms with E-state index in [0.29, 0.717) is 0 Å². The van der Waals surface area contributed by atoms with Gasteiger partial charge in [-0.3, -0.25) is 0 Å². The molecule has 2 aromatic heterocycles. The third-order valence-corrected chi connectivity index (χ3v) is 4.24. The Balaban J connectivity index is 1.99. The number of nitrogens with zero attached hydrogens (tertiary/aromatic N) is 2. The molecule has 0 saturated carbocycles. The summed E-state index contributed by atoms with van der Waals surface area (Å²) in [6.07, 6.45) is 0. The van der Waals surface area contributed by atoms with Gasteiger partial charge in [-0.1, -0.05) is 30.3 Å². The molecule has 0 spiro atoms. The van der Waals surface area contributed by atoms with Crippen molar-refractivity contribution in [3.8, 4) is 21.3 Å². The summed E-state index contributed by atoms with van der Waals surface area (Å²) >= 11 is 3.31. The molecule has 0 N–H and O–H groups in total. The highest BCUT2D eigenvalue weighted by Crippen LogP contribution is 2.30.